The number of fused-ring (bicyclic) bond motifs is 3. The number of carbonyl (C=O) groups excluding carboxylic acids is 2. The van der Waals surface area contributed by atoms with E-state index in [1.165, 1.54) is 7.11 Å². The molecule has 0 heterocycles. The standard InChI is InChI=1S/C17H18O4/c1-17-7-6-10-8-11(20-2)4-5-12(10)15(17)13(9-14(17)18)16(19)21-3/h4-5,8H,6-7,9H2,1-3H3/t17-/m0/s1. The molecule has 3 rings (SSSR count). The summed E-state index contributed by atoms with van der Waals surface area (Å²) in [6.45, 7) is 1.94. The van der Waals surface area contributed by atoms with Crippen molar-refractivity contribution in [1.29, 1.82) is 0 Å². The number of hydrogen-bond acceptors (Lipinski definition) is 4. The van der Waals surface area contributed by atoms with E-state index in [4.69, 9.17) is 9.47 Å². The van der Waals surface area contributed by atoms with E-state index in [1.807, 2.05) is 25.1 Å². The van der Waals surface area contributed by atoms with Crippen LogP contribution < -0.4 is 4.74 Å². The lowest BCUT2D eigenvalue weighted by Crippen LogP contribution is -2.29. The fraction of sp³-hybridized carbons (Fsp3) is 0.412. The Morgan fingerprint density at radius 3 is 2.71 bits per heavy atom. The number of methoxy groups -OCH3 is 2. The van der Waals surface area contributed by atoms with Gasteiger partial charge in [0.25, 0.3) is 0 Å². The van der Waals surface area contributed by atoms with Crippen LogP contribution in [0.4, 0.5) is 0 Å². The fourth-order valence-corrected chi connectivity index (χ4v) is 3.47. The average molecular weight is 286 g/mol. The van der Waals surface area contributed by atoms with Gasteiger partial charge in [0.05, 0.1) is 19.6 Å². The lowest BCUT2D eigenvalue weighted by molar-refractivity contribution is -0.136. The summed E-state index contributed by atoms with van der Waals surface area (Å²) in [5.41, 5.74) is 2.90. The van der Waals surface area contributed by atoms with Gasteiger partial charge in [-0.3, -0.25) is 4.79 Å². The van der Waals surface area contributed by atoms with Gasteiger partial charge in [0.2, 0.25) is 0 Å². The highest BCUT2D eigenvalue weighted by Crippen LogP contribution is 2.53. The normalized spacial score (nSPS) is 23.7. The van der Waals surface area contributed by atoms with Gasteiger partial charge in [-0.05, 0) is 48.6 Å². The van der Waals surface area contributed by atoms with E-state index in [9.17, 15) is 9.59 Å². The third kappa shape index (κ3) is 1.89. The second-order valence-corrected chi connectivity index (χ2v) is 5.80. The zero-order valence-corrected chi connectivity index (χ0v) is 12.5. The number of hydrogen-bond donors (Lipinski definition) is 0. The molecule has 2 aliphatic rings. The molecule has 110 valence electrons. The number of rotatable bonds is 2. The monoisotopic (exact) mass is 286 g/mol. The van der Waals surface area contributed by atoms with Gasteiger partial charge in [0.1, 0.15) is 11.5 Å². The minimum atomic E-state index is -0.564. The zero-order valence-electron chi connectivity index (χ0n) is 12.5. The number of carbonyl (C=O) groups is 2. The van der Waals surface area contributed by atoms with Crippen LogP contribution in [0.25, 0.3) is 5.57 Å². The summed E-state index contributed by atoms with van der Waals surface area (Å²) in [5, 5.41) is 0. The maximum atomic E-state index is 12.4. The van der Waals surface area contributed by atoms with Crippen LogP contribution in [0.5, 0.6) is 5.75 Å². The largest absolute Gasteiger partial charge is 0.497 e. The molecule has 1 aromatic rings. The van der Waals surface area contributed by atoms with E-state index in [1.54, 1.807) is 7.11 Å². The molecular weight excluding hydrogens is 268 g/mol. The quantitative estimate of drug-likeness (QED) is 0.784. The summed E-state index contributed by atoms with van der Waals surface area (Å²) in [4.78, 5) is 24.5. The first-order chi connectivity index (χ1) is 10.0. The smallest absolute Gasteiger partial charge is 0.334 e. The van der Waals surface area contributed by atoms with E-state index < -0.39 is 11.4 Å². The van der Waals surface area contributed by atoms with Crippen LogP contribution in [0, 0.1) is 5.41 Å². The first-order valence-corrected chi connectivity index (χ1v) is 7.04. The van der Waals surface area contributed by atoms with E-state index in [2.05, 4.69) is 0 Å². The van der Waals surface area contributed by atoms with Gasteiger partial charge in [0, 0.05) is 12.0 Å². The SMILES string of the molecule is COC(=O)C1=C2c3ccc(OC)cc3CC[C@@]2(C)C(=O)C1. The molecule has 0 saturated heterocycles. The highest BCUT2D eigenvalue weighted by molar-refractivity contribution is 6.15. The van der Waals surface area contributed by atoms with Crippen molar-refractivity contribution in [1.82, 2.24) is 0 Å². The summed E-state index contributed by atoms with van der Waals surface area (Å²) in [6.07, 6.45) is 1.71. The molecule has 0 amide bonds. The van der Waals surface area contributed by atoms with Crippen molar-refractivity contribution in [3.63, 3.8) is 0 Å². The summed E-state index contributed by atoms with van der Waals surface area (Å²) >= 11 is 0. The summed E-state index contributed by atoms with van der Waals surface area (Å²) in [5.74, 6) is 0.506. The lowest BCUT2D eigenvalue weighted by atomic mass is 9.69. The topological polar surface area (TPSA) is 52.6 Å². The molecule has 4 nitrogen and oxygen atoms in total. The van der Waals surface area contributed by atoms with Gasteiger partial charge in [-0.1, -0.05) is 6.07 Å². The van der Waals surface area contributed by atoms with Crippen molar-refractivity contribution >= 4 is 17.3 Å². The number of Topliss-reactive ketones (excluding diaryl/α,β-unsaturated/α-hetero) is 1. The summed E-state index contributed by atoms with van der Waals surface area (Å²) < 4.78 is 10.1. The number of ketones is 1. The molecule has 0 saturated carbocycles. The molecule has 1 atom stereocenters. The molecule has 1 aromatic carbocycles. The molecule has 21 heavy (non-hydrogen) atoms. The molecule has 0 unspecified atom stereocenters. The second kappa shape index (κ2) is 4.72. The number of benzene rings is 1. The summed E-state index contributed by atoms with van der Waals surface area (Å²) in [7, 11) is 2.99. The van der Waals surface area contributed by atoms with Gasteiger partial charge in [-0.2, -0.15) is 0 Å². The molecule has 2 aliphatic carbocycles. The van der Waals surface area contributed by atoms with Gasteiger partial charge < -0.3 is 9.47 Å². The van der Waals surface area contributed by atoms with Gasteiger partial charge in [0.15, 0.2) is 0 Å². The molecular formula is C17H18O4. The van der Waals surface area contributed by atoms with Crippen LogP contribution in [0.1, 0.15) is 30.9 Å². The lowest BCUT2D eigenvalue weighted by Gasteiger charge is -2.33. The number of ether oxygens (including phenoxy) is 2. The Bertz CT molecular complexity index is 671. The molecule has 0 spiro atoms. The fourth-order valence-electron chi connectivity index (χ4n) is 3.47. The molecule has 0 aromatic heterocycles. The average Bonchev–Trinajstić information content (AvgIpc) is 2.78. The van der Waals surface area contributed by atoms with Crippen molar-refractivity contribution < 1.29 is 19.1 Å². The maximum Gasteiger partial charge on any atom is 0.334 e. The molecule has 0 aliphatic heterocycles. The van der Waals surface area contributed by atoms with E-state index in [0.29, 0.717) is 5.57 Å². The Hall–Kier alpha value is -2.10. The third-order valence-electron chi connectivity index (χ3n) is 4.71. The predicted octanol–water partition coefficient (Wildman–Crippen LogP) is 2.55. The van der Waals surface area contributed by atoms with Gasteiger partial charge >= 0.3 is 5.97 Å². The highest BCUT2D eigenvalue weighted by Gasteiger charge is 2.49. The zero-order chi connectivity index (χ0) is 15.2. The van der Waals surface area contributed by atoms with Crippen LogP contribution in [-0.2, 0) is 20.7 Å². The van der Waals surface area contributed by atoms with E-state index >= 15 is 0 Å². The van der Waals surface area contributed by atoms with Gasteiger partial charge in [-0.15, -0.1) is 0 Å². The van der Waals surface area contributed by atoms with E-state index in [0.717, 1.165) is 35.3 Å². The van der Waals surface area contributed by atoms with Crippen molar-refractivity contribution in [3.8, 4) is 5.75 Å². The highest BCUT2D eigenvalue weighted by atomic mass is 16.5. The predicted molar refractivity (Wildman–Crippen MR) is 78.0 cm³/mol. The molecule has 0 radical (unpaired) electrons. The molecule has 0 N–H and O–H groups in total. The van der Waals surface area contributed by atoms with Crippen molar-refractivity contribution in [2.24, 2.45) is 5.41 Å². The Morgan fingerprint density at radius 2 is 2.05 bits per heavy atom. The first-order valence-electron chi connectivity index (χ1n) is 7.04. The second-order valence-electron chi connectivity index (χ2n) is 5.80. The van der Waals surface area contributed by atoms with E-state index in [-0.39, 0.29) is 12.2 Å². The number of allylic oxidation sites excluding steroid dienone is 1. The minimum Gasteiger partial charge on any atom is -0.497 e. The summed E-state index contributed by atoms with van der Waals surface area (Å²) in [6, 6.07) is 5.80. The third-order valence-corrected chi connectivity index (χ3v) is 4.71. The van der Waals surface area contributed by atoms with Crippen molar-refractivity contribution in [3.05, 3.63) is 34.9 Å². The van der Waals surface area contributed by atoms with Gasteiger partial charge in [-0.25, -0.2) is 4.79 Å². The van der Waals surface area contributed by atoms with Crippen LogP contribution in [0.2, 0.25) is 0 Å². The molecule has 0 fully saturated rings. The van der Waals surface area contributed by atoms with Crippen LogP contribution in [0.3, 0.4) is 0 Å². The Morgan fingerprint density at radius 1 is 1.29 bits per heavy atom. The minimum absolute atomic E-state index is 0.111. The van der Waals surface area contributed by atoms with Crippen LogP contribution in [-0.4, -0.2) is 26.0 Å². The molecule has 4 heteroatoms. The van der Waals surface area contributed by atoms with Crippen LogP contribution in [0.15, 0.2) is 23.8 Å². The Labute approximate surface area is 123 Å². The van der Waals surface area contributed by atoms with Crippen molar-refractivity contribution in [2.75, 3.05) is 14.2 Å². The number of aryl methyl sites for hydroxylation is 1. The Kier molecular flexibility index (Phi) is 3.12. The number of esters is 1. The first kappa shape index (κ1) is 13.9. The maximum absolute atomic E-state index is 12.4. The Balaban J connectivity index is 2.22. The van der Waals surface area contributed by atoms with Crippen molar-refractivity contribution in [2.45, 2.75) is 26.2 Å². The molecule has 0 bridgehead atoms. The van der Waals surface area contributed by atoms with Crippen LogP contribution >= 0.6 is 0 Å².